The van der Waals surface area contributed by atoms with Crippen molar-refractivity contribution in [3.05, 3.63) is 69.0 Å². The number of nitriles is 2. The van der Waals surface area contributed by atoms with Crippen LogP contribution in [0.5, 0.6) is 0 Å². The molecule has 0 spiro atoms. The molecule has 0 saturated carbocycles. The first-order chi connectivity index (χ1) is 19.7. The Balaban J connectivity index is 1.19. The molecule has 0 atom stereocenters. The van der Waals surface area contributed by atoms with Gasteiger partial charge in [0, 0.05) is 50.0 Å². The number of hydrogen-bond donors (Lipinski definition) is 0. The predicted molar refractivity (Wildman–Crippen MR) is 157 cm³/mol. The Morgan fingerprint density at radius 2 is 0.950 bits per heavy atom. The molecule has 0 radical (unpaired) electrons. The average molecular weight is 527 g/mol. The highest BCUT2D eigenvalue weighted by Crippen LogP contribution is 2.37. The lowest BCUT2D eigenvalue weighted by Crippen LogP contribution is -2.34. The zero-order valence-electron chi connectivity index (χ0n) is 22.5. The average Bonchev–Trinajstić information content (AvgIpc) is 2.99. The Labute approximate surface area is 234 Å². The molecule has 0 bridgehead atoms. The van der Waals surface area contributed by atoms with Gasteiger partial charge in [-0.3, -0.25) is 0 Å². The summed E-state index contributed by atoms with van der Waals surface area (Å²) in [5.74, 6) is 0.286. The minimum Gasteiger partial charge on any atom is -0.371 e. The number of aryl methyl sites for hydroxylation is 4. The maximum absolute atomic E-state index is 9.83. The molecule has 5 heterocycles. The second-order valence-electron chi connectivity index (χ2n) is 11.1. The van der Waals surface area contributed by atoms with Crippen LogP contribution in [-0.4, -0.2) is 48.6 Å². The van der Waals surface area contributed by atoms with Crippen molar-refractivity contribution in [3.63, 3.8) is 0 Å². The molecule has 3 aromatic rings. The smallest absolute Gasteiger partial charge is 0.190 e. The number of benzene rings is 2. The molecule has 1 aromatic heterocycles. The fourth-order valence-corrected chi connectivity index (χ4v) is 6.83. The van der Waals surface area contributed by atoms with Crippen molar-refractivity contribution in [2.45, 2.75) is 51.4 Å². The molecule has 0 aliphatic carbocycles. The SMILES string of the molecule is N#Cc1nc(/N=C/c2cc3c4c(c2)CCCN4CCC3)c(C#N)nc1N=Cc1cc2c3c(c1)CCCN3CCC2. The van der Waals surface area contributed by atoms with Crippen molar-refractivity contribution in [1.29, 1.82) is 10.5 Å². The molecule has 4 aliphatic rings. The highest BCUT2D eigenvalue weighted by molar-refractivity contribution is 5.86. The molecule has 0 amide bonds. The minimum atomic E-state index is 0.0593. The van der Waals surface area contributed by atoms with Crippen LogP contribution in [0.1, 0.15) is 70.5 Å². The molecule has 40 heavy (non-hydrogen) atoms. The van der Waals surface area contributed by atoms with Crippen molar-refractivity contribution in [2.75, 3.05) is 36.0 Å². The molecule has 0 fully saturated rings. The molecule has 8 heteroatoms. The van der Waals surface area contributed by atoms with Crippen LogP contribution < -0.4 is 9.80 Å². The lowest BCUT2D eigenvalue weighted by Gasteiger charge is -2.37. The molecule has 0 N–H and O–H groups in total. The van der Waals surface area contributed by atoms with Gasteiger partial charge in [0.2, 0.25) is 0 Å². The maximum atomic E-state index is 9.83. The number of aliphatic imine (C=N–C) groups is 2. The van der Waals surface area contributed by atoms with Gasteiger partial charge >= 0.3 is 0 Å². The van der Waals surface area contributed by atoms with Crippen molar-refractivity contribution in [2.24, 2.45) is 9.98 Å². The molecule has 0 saturated heterocycles. The van der Waals surface area contributed by atoms with Gasteiger partial charge in [-0.1, -0.05) is 0 Å². The molecule has 198 valence electrons. The summed E-state index contributed by atoms with van der Waals surface area (Å²) in [5, 5.41) is 19.7. The molecular weight excluding hydrogens is 496 g/mol. The summed E-state index contributed by atoms with van der Waals surface area (Å²) in [5.41, 5.74) is 10.4. The largest absolute Gasteiger partial charge is 0.371 e. The van der Waals surface area contributed by atoms with E-state index in [2.05, 4.69) is 66.2 Å². The van der Waals surface area contributed by atoms with Gasteiger partial charge < -0.3 is 9.80 Å². The number of rotatable bonds is 4. The Morgan fingerprint density at radius 3 is 1.27 bits per heavy atom. The number of aromatic nitrogens is 2. The standard InChI is InChI=1S/C32H30N8/c33-17-27-31(35-19-21-13-23-5-1-9-39-10-2-6-24(14-21)29(23)39)37-28(18-34)32(38-27)36-20-22-15-25-7-3-11-40-12-4-8-26(16-22)30(25)40/h13-16,19-20H,1-12H2/b35-19+,36-20?. The van der Waals surface area contributed by atoms with Crippen molar-refractivity contribution < 1.29 is 0 Å². The van der Waals surface area contributed by atoms with Gasteiger partial charge in [0.15, 0.2) is 23.0 Å². The van der Waals surface area contributed by atoms with E-state index in [-0.39, 0.29) is 23.0 Å². The first-order valence-electron chi connectivity index (χ1n) is 14.3. The van der Waals surface area contributed by atoms with Crippen LogP contribution in [-0.2, 0) is 25.7 Å². The van der Waals surface area contributed by atoms with Gasteiger partial charge in [0.05, 0.1) is 0 Å². The molecule has 8 nitrogen and oxygen atoms in total. The van der Waals surface area contributed by atoms with Crippen molar-refractivity contribution in [1.82, 2.24) is 9.97 Å². The normalized spacial score (nSPS) is 17.4. The van der Waals surface area contributed by atoms with E-state index < -0.39 is 0 Å². The van der Waals surface area contributed by atoms with E-state index in [1.165, 1.54) is 33.6 Å². The van der Waals surface area contributed by atoms with Gasteiger partial charge in [-0.15, -0.1) is 0 Å². The van der Waals surface area contributed by atoms with Crippen molar-refractivity contribution >= 4 is 35.4 Å². The maximum Gasteiger partial charge on any atom is 0.190 e. The highest BCUT2D eigenvalue weighted by Gasteiger charge is 2.25. The van der Waals surface area contributed by atoms with Crippen LogP contribution in [0.3, 0.4) is 0 Å². The Hall–Kier alpha value is -4.56. The van der Waals surface area contributed by atoms with Crippen LogP contribution in [0.4, 0.5) is 23.0 Å². The van der Waals surface area contributed by atoms with E-state index >= 15 is 0 Å². The quantitative estimate of drug-likeness (QED) is 0.437. The van der Waals surface area contributed by atoms with E-state index in [9.17, 15) is 10.5 Å². The summed E-state index contributed by atoms with van der Waals surface area (Å²) in [6.07, 6.45) is 12.4. The topological polar surface area (TPSA) is 105 Å². The van der Waals surface area contributed by atoms with E-state index in [0.29, 0.717) is 0 Å². The summed E-state index contributed by atoms with van der Waals surface area (Å²) >= 11 is 0. The number of anilines is 2. The fourth-order valence-electron chi connectivity index (χ4n) is 6.83. The summed E-state index contributed by atoms with van der Waals surface area (Å²) in [7, 11) is 0. The van der Waals surface area contributed by atoms with Crippen LogP contribution in [0.2, 0.25) is 0 Å². The van der Waals surface area contributed by atoms with E-state index in [0.717, 1.165) is 88.7 Å². The molecule has 2 aromatic carbocycles. The van der Waals surface area contributed by atoms with Crippen molar-refractivity contribution in [3.8, 4) is 12.1 Å². The Kier molecular flexibility index (Phi) is 6.24. The van der Waals surface area contributed by atoms with Gasteiger partial charge in [0.1, 0.15) is 12.1 Å². The lowest BCUT2D eigenvalue weighted by molar-refractivity contribution is 0.634. The third-order valence-corrected chi connectivity index (χ3v) is 8.45. The van der Waals surface area contributed by atoms with E-state index in [1.54, 1.807) is 12.4 Å². The first kappa shape index (κ1) is 24.5. The summed E-state index contributed by atoms with van der Waals surface area (Å²) in [4.78, 5) is 22.8. The molecule has 7 rings (SSSR count). The zero-order valence-corrected chi connectivity index (χ0v) is 22.5. The zero-order chi connectivity index (χ0) is 27.1. The van der Waals surface area contributed by atoms with Crippen LogP contribution in [0.15, 0.2) is 34.3 Å². The highest BCUT2D eigenvalue weighted by atomic mass is 15.1. The minimum absolute atomic E-state index is 0.0593. The fraction of sp³-hybridized carbons (Fsp3) is 0.375. The summed E-state index contributed by atoms with van der Waals surface area (Å²) in [6, 6.07) is 13.0. The van der Waals surface area contributed by atoms with Crippen LogP contribution >= 0.6 is 0 Å². The third kappa shape index (κ3) is 4.40. The van der Waals surface area contributed by atoms with Gasteiger partial charge in [-0.2, -0.15) is 10.5 Å². The van der Waals surface area contributed by atoms with E-state index in [1.807, 2.05) is 0 Å². The van der Waals surface area contributed by atoms with Gasteiger partial charge in [0.25, 0.3) is 0 Å². The lowest BCUT2D eigenvalue weighted by atomic mass is 9.90. The summed E-state index contributed by atoms with van der Waals surface area (Å²) < 4.78 is 0. The molecule has 4 aliphatic heterocycles. The summed E-state index contributed by atoms with van der Waals surface area (Å²) in [6.45, 7) is 4.53. The Morgan fingerprint density at radius 1 is 0.600 bits per heavy atom. The molecular formula is C32H30N8. The predicted octanol–water partition coefficient (Wildman–Crippen LogP) is 5.12. The van der Waals surface area contributed by atoms with E-state index in [4.69, 9.17) is 0 Å². The van der Waals surface area contributed by atoms with Gasteiger partial charge in [-0.25, -0.2) is 20.0 Å². The first-order valence-corrected chi connectivity index (χ1v) is 14.3. The molecule has 0 unspecified atom stereocenters. The Bertz CT molecular complexity index is 1470. The third-order valence-electron chi connectivity index (χ3n) is 8.45. The number of hydrogen-bond acceptors (Lipinski definition) is 8. The monoisotopic (exact) mass is 526 g/mol. The van der Waals surface area contributed by atoms with Gasteiger partial charge in [-0.05, 0) is 109 Å². The second kappa shape index (κ2) is 10.2. The second-order valence-corrected chi connectivity index (χ2v) is 11.1. The number of nitrogens with zero attached hydrogens (tertiary/aromatic N) is 8. The van der Waals surface area contributed by atoms with Crippen LogP contribution in [0, 0.1) is 22.7 Å². The van der Waals surface area contributed by atoms with Crippen LogP contribution in [0.25, 0.3) is 0 Å².